The van der Waals surface area contributed by atoms with E-state index in [0.29, 0.717) is 11.4 Å². The number of nitrogen functional groups attached to an aromatic ring is 1. The predicted molar refractivity (Wildman–Crippen MR) is 58.9 cm³/mol. The monoisotopic (exact) mass is 193 g/mol. The summed E-state index contributed by atoms with van der Waals surface area (Å²) in [6.45, 7) is 0. The number of nitrogens with two attached hydrogens (primary N) is 2. The van der Waals surface area contributed by atoms with Gasteiger partial charge in [-0.3, -0.25) is 5.41 Å². The first-order valence-electron chi connectivity index (χ1n) is 4.19. The number of nitrogens with one attached hydrogen (secondary N) is 1. The molecule has 5 heteroatoms. The topological polar surface area (TPSA) is 82.4 Å². The molecule has 0 fully saturated rings. The van der Waals surface area contributed by atoms with Gasteiger partial charge in [0.25, 0.3) is 0 Å². The van der Waals surface area contributed by atoms with Crippen molar-refractivity contribution in [1.82, 2.24) is 4.90 Å². The van der Waals surface area contributed by atoms with Crippen LogP contribution >= 0.6 is 0 Å². The Labute approximate surface area is 83.4 Å². The summed E-state index contributed by atoms with van der Waals surface area (Å²) in [6.07, 6.45) is 0. The van der Waals surface area contributed by atoms with Crippen molar-refractivity contribution in [2.45, 2.75) is 0 Å². The number of nitrogens with zero attached hydrogens (tertiary/aromatic N) is 2. The third-order valence-corrected chi connectivity index (χ3v) is 1.85. The number of guanidine groups is 1. The van der Waals surface area contributed by atoms with Crippen molar-refractivity contribution in [3.63, 3.8) is 0 Å². The minimum Gasteiger partial charge on any atom is -0.397 e. The van der Waals surface area contributed by atoms with Crippen LogP contribution in [0.15, 0.2) is 24.3 Å². The molecule has 1 rings (SSSR count). The summed E-state index contributed by atoms with van der Waals surface area (Å²) in [7, 11) is 3.50. The van der Waals surface area contributed by atoms with Gasteiger partial charge >= 0.3 is 0 Å². The Morgan fingerprint density at radius 1 is 1.29 bits per heavy atom. The van der Waals surface area contributed by atoms with Crippen molar-refractivity contribution in [3.05, 3.63) is 24.3 Å². The van der Waals surface area contributed by atoms with E-state index in [1.807, 2.05) is 12.1 Å². The summed E-state index contributed by atoms with van der Waals surface area (Å²) in [4.78, 5) is 1.60. The first-order valence-corrected chi connectivity index (χ1v) is 4.19. The van der Waals surface area contributed by atoms with Crippen molar-refractivity contribution in [2.24, 2.45) is 5.84 Å². The van der Waals surface area contributed by atoms with Crippen molar-refractivity contribution < 1.29 is 0 Å². The van der Waals surface area contributed by atoms with E-state index in [2.05, 4.69) is 0 Å². The van der Waals surface area contributed by atoms with Crippen LogP contribution in [0.3, 0.4) is 0 Å². The third kappa shape index (κ3) is 1.94. The van der Waals surface area contributed by atoms with Crippen LogP contribution in [0.25, 0.3) is 0 Å². The summed E-state index contributed by atoms with van der Waals surface area (Å²) in [5.74, 6) is 5.91. The van der Waals surface area contributed by atoms with E-state index in [-0.39, 0.29) is 5.96 Å². The van der Waals surface area contributed by atoms with Crippen LogP contribution in [0.4, 0.5) is 11.4 Å². The zero-order valence-corrected chi connectivity index (χ0v) is 8.36. The van der Waals surface area contributed by atoms with Crippen LogP contribution in [0.2, 0.25) is 0 Å². The van der Waals surface area contributed by atoms with Gasteiger partial charge in [0, 0.05) is 14.1 Å². The quantitative estimate of drug-likeness (QED) is 0.199. The fraction of sp³-hybridized carbons (Fsp3) is 0.222. The number of anilines is 2. The molecule has 76 valence electrons. The highest BCUT2D eigenvalue weighted by atomic mass is 15.5. The van der Waals surface area contributed by atoms with E-state index in [1.165, 1.54) is 5.01 Å². The summed E-state index contributed by atoms with van der Waals surface area (Å²) < 4.78 is 0. The van der Waals surface area contributed by atoms with Crippen molar-refractivity contribution in [3.8, 4) is 0 Å². The van der Waals surface area contributed by atoms with Crippen molar-refractivity contribution in [1.29, 1.82) is 5.41 Å². The molecule has 1 aromatic carbocycles. The maximum Gasteiger partial charge on any atom is 0.212 e. The molecular formula is C9H15N5. The second kappa shape index (κ2) is 3.97. The highest BCUT2D eigenvalue weighted by Gasteiger charge is 2.11. The number of hydrogen-bond donors (Lipinski definition) is 3. The molecule has 0 unspecified atom stereocenters. The van der Waals surface area contributed by atoms with Gasteiger partial charge in [0.2, 0.25) is 5.96 Å². The molecule has 5 nitrogen and oxygen atoms in total. The minimum atomic E-state index is 0.183. The van der Waals surface area contributed by atoms with Gasteiger partial charge < -0.3 is 10.6 Å². The van der Waals surface area contributed by atoms with E-state index in [9.17, 15) is 0 Å². The Morgan fingerprint density at radius 3 is 2.36 bits per heavy atom. The molecule has 0 atom stereocenters. The molecule has 14 heavy (non-hydrogen) atoms. The Morgan fingerprint density at radius 2 is 1.86 bits per heavy atom. The van der Waals surface area contributed by atoms with Gasteiger partial charge in [0.1, 0.15) is 0 Å². The van der Waals surface area contributed by atoms with Crippen LogP contribution in [-0.4, -0.2) is 25.0 Å². The molecule has 5 N–H and O–H groups in total. The fourth-order valence-electron chi connectivity index (χ4n) is 1.04. The zero-order chi connectivity index (χ0) is 10.7. The molecule has 0 bridgehead atoms. The van der Waals surface area contributed by atoms with E-state index >= 15 is 0 Å². The predicted octanol–water partition coefficient (Wildman–Crippen LogP) is 0.445. The van der Waals surface area contributed by atoms with Gasteiger partial charge in [-0.1, -0.05) is 12.1 Å². The van der Waals surface area contributed by atoms with E-state index in [4.69, 9.17) is 17.0 Å². The number of rotatable bonds is 1. The molecule has 0 spiro atoms. The fourth-order valence-corrected chi connectivity index (χ4v) is 1.04. The van der Waals surface area contributed by atoms with Crippen molar-refractivity contribution >= 4 is 17.3 Å². The van der Waals surface area contributed by atoms with Gasteiger partial charge in [0.15, 0.2) is 0 Å². The van der Waals surface area contributed by atoms with Crippen LogP contribution < -0.4 is 16.6 Å². The van der Waals surface area contributed by atoms with Gasteiger partial charge in [0.05, 0.1) is 11.4 Å². The SMILES string of the molecule is CN(C)C(=N)N(N)c1ccccc1N. The molecule has 0 amide bonds. The van der Waals surface area contributed by atoms with Crippen LogP contribution in [0.1, 0.15) is 0 Å². The van der Waals surface area contributed by atoms with Crippen molar-refractivity contribution in [2.75, 3.05) is 24.8 Å². The third-order valence-electron chi connectivity index (χ3n) is 1.85. The Bertz CT molecular complexity index is 334. The maximum atomic E-state index is 7.65. The van der Waals surface area contributed by atoms with Gasteiger partial charge in [-0.2, -0.15) is 0 Å². The molecule has 0 aliphatic heterocycles. The van der Waals surface area contributed by atoms with Gasteiger partial charge in [-0.05, 0) is 12.1 Å². The standard InChI is InChI=1S/C9H15N5/c1-13(2)9(11)14(12)8-6-4-3-5-7(8)10/h3-6,11H,10,12H2,1-2H3. The lowest BCUT2D eigenvalue weighted by atomic mass is 10.2. The van der Waals surface area contributed by atoms with E-state index in [1.54, 1.807) is 31.1 Å². The number of para-hydroxylation sites is 2. The van der Waals surface area contributed by atoms with Crippen LogP contribution in [-0.2, 0) is 0 Å². The molecule has 1 aromatic rings. The minimum absolute atomic E-state index is 0.183. The lowest BCUT2D eigenvalue weighted by molar-refractivity contribution is 0.599. The van der Waals surface area contributed by atoms with E-state index in [0.717, 1.165) is 0 Å². The number of hydrazine groups is 1. The highest BCUT2D eigenvalue weighted by molar-refractivity contribution is 5.95. The Balaban J connectivity index is 2.95. The second-order valence-corrected chi connectivity index (χ2v) is 3.15. The molecule has 0 heterocycles. The molecule has 0 saturated heterocycles. The summed E-state index contributed by atoms with van der Waals surface area (Å²) >= 11 is 0. The summed E-state index contributed by atoms with van der Waals surface area (Å²) in [5.41, 5.74) is 6.91. The lowest BCUT2D eigenvalue weighted by Crippen LogP contribution is -2.45. The first kappa shape index (κ1) is 10.3. The largest absolute Gasteiger partial charge is 0.397 e. The maximum absolute atomic E-state index is 7.65. The normalized spacial score (nSPS) is 9.64. The molecule has 0 aliphatic carbocycles. The van der Waals surface area contributed by atoms with Gasteiger partial charge in [-0.15, -0.1) is 0 Å². The average molecular weight is 193 g/mol. The summed E-state index contributed by atoms with van der Waals surface area (Å²) in [5, 5.41) is 8.90. The Kier molecular flexibility index (Phi) is 2.93. The summed E-state index contributed by atoms with van der Waals surface area (Å²) in [6, 6.07) is 7.17. The van der Waals surface area contributed by atoms with Gasteiger partial charge in [-0.25, -0.2) is 10.9 Å². The molecule has 0 aromatic heterocycles. The molecule has 0 aliphatic rings. The smallest absolute Gasteiger partial charge is 0.212 e. The zero-order valence-electron chi connectivity index (χ0n) is 8.36. The molecule has 0 radical (unpaired) electrons. The van der Waals surface area contributed by atoms with Crippen LogP contribution in [0, 0.1) is 5.41 Å². The molecule has 0 saturated carbocycles. The number of benzene rings is 1. The second-order valence-electron chi connectivity index (χ2n) is 3.15. The highest BCUT2D eigenvalue weighted by Crippen LogP contribution is 2.19. The average Bonchev–Trinajstić information content (AvgIpc) is 2.16. The molecular weight excluding hydrogens is 178 g/mol. The van der Waals surface area contributed by atoms with Crippen LogP contribution in [0.5, 0.6) is 0 Å². The first-order chi connectivity index (χ1) is 6.54. The number of hydrogen-bond acceptors (Lipinski definition) is 3. The lowest BCUT2D eigenvalue weighted by Gasteiger charge is -2.25. The van der Waals surface area contributed by atoms with E-state index < -0.39 is 0 Å². The Hall–Kier alpha value is -1.75.